The van der Waals surface area contributed by atoms with Crippen molar-refractivity contribution in [3.63, 3.8) is 0 Å². The number of aromatic nitrogens is 1. The predicted octanol–water partition coefficient (Wildman–Crippen LogP) is 3.60. The average molecular weight is 344 g/mol. The molecule has 0 radical (unpaired) electrons. The van der Waals surface area contributed by atoms with Gasteiger partial charge in [-0.05, 0) is 24.3 Å². The Kier molecular flexibility index (Phi) is 4.81. The van der Waals surface area contributed by atoms with Crippen LogP contribution in [0.3, 0.4) is 0 Å². The van der Waals surface area contributed by atoms with Gasteiger partial charge in [-0.3, -0.25) is 0 Å². The summed E-state index contributed by atoms with van der Waals surface area (Å²) in [4.78, 5) is 15.8. The summed E-state index contributed by atoms with van der Waals surface area (Å²) >= 11 is 1.60. The van der Waals surface area contributed by atoms with Crippen molar-refractivity contribution >= 4 is 27.6 Å². The van der Waals surface area contributed by atoms with E-state index in [4.69, 9.17) is 14.2 Å². The average Bonchev–Trinajstić information content (AvgIpc) is 3.03. The van der Waals surface area contributed by atoms with Crippen LogP contribution in [0, 0.1) is 0 Å². The topological polar surface area (TPSA) is 69.7 Å². The largest absolute Gasteiger partial charge is 0.493 e. The number of hydrogen-bond donors (Lipinski definition) is 1. The molecule has 0 spiro atoms. The van der Waals surface area contributed by atoms with E-state index in [1.165, 1.54) is 14.2 Å². The summed E-state index contributed by atoms with van der Waals surface area (Å²) < 4.78 is 17.2. The van der Waals surface area contributed by atoms with Gasteiger partial charge < -0.3 is 19.5 Å². The first kappa shape index (κ1) is 16.1. The maximum atomic E-state index is 11.3. The molecule has 0 atom stereocenters. The van der Waals surface area contributed by atoms with Crippen molar-refractivity contribution in [2.75, 3.05) is 14.2 Å². The molecule has 0 aliphatic heterocycles. The maximum Gasteiger partial charge on any atom is 0.412 e. The fourth-order valence-electron chi connectivity index (χ4n) is 2.10. The SMILES string of the molecule is CNC(=O)Oc1ccc(OCc2nc3ccccc3s2)cc1OC. The molecule has 1 aromatic heterocycles. The quantitative estimate of drug-likeness (QED) is 0.766. The number of nitrogens with one attached hydrogen (secondary N) is 1. The number of rotatable bonds is 5. The minimum Gasteiger partial charge on any atom is -0.493 e. The van der Waals surface area contributed by atoms with Crippen molar-refractivity contribution < 1.29 is 19.0 Å². The number of fused-ring (bicyclic) bond motifs is 1. The fourth-order valence-corrected chi connectivity index (χ4v) is 2.98. The molecule has 1 N–H and O–H groups in total. The number of thiazole rings is 1. The molecule has 1 amide bonds. The van der Waals surface area contributed by atoms with E-state index >= 15 is 0 Å². The Bertz CT molecular complexity index is 830. The number of benzene rings is 2. The Morgan fingerprint density at radius 2 is 2.04 bits per heavy atom. The lowest BCUT2D eigenvalue weighted by Gasteiger charge is -2.11. The van der Waals surface area contributed by atoms with Gasteiger partial charge in [0.2, 0.25) is 0 Å². The maximum absolute atomic E-state index is 11.3. The van der Waals surface area contributed by atoms with Crippen LogP contribution in [0.25, 0.3) is 10.2 Å². The molecule has 3 rings (SSSR count). The highest BCUT2D eigenvalue weighted by molar-refractivity contribution is 7.18. The molecular weight excluding hydrogens is 328 g/mol. The van der Waals surface area contributed by atoms with E-state index in [1.54, 1.807) is 29.5 Å². The summed E-state index contributed by atoms with van der Waals surface area (Å²) in [6, 6.07) is 13.0. The van der Waals surface area contributed by atoms with E-state index in [-0.39, 0.29) is 0 Å². The zero-order chi connectivity index (χ0) is 16.9. The van der Waals surface area contributed by atoms with E-state index in [1.807, 2.05) is 24.3 Å². The van der Waals surface area contributed by atoms with E-state index in [0.29, 0.717) is 23.9 Å². The molecular formula is C17H16N2O4S. The highest BCUT2D eigenvalue weighted by Gasteiger charge is 2.11. The summed E-state index contributed by atoms with van der Waals surface area (Å²) in [7, 11) is 2.99. The number of carbonyl (C=O) groups excluding carboxylic acids is 1. The molecule has 124 valence electrons. The first-order valence-electron chi connectivity index (χ1n) is 7.24. The first-order valence-corrected chi connectivity index (χ1v) is 8.06. The third-order valence-electron chi connectivity index (χ3n) is 3.24. The van der Waals surface area contributed by atoms with Gasteiger partial charge in [-0.2, -0.15) is 0 Å². The summed E-state index contributed by atoms with van der Waals surface area (Å²) in [5.74, 6) is 1.35. The standard InChI is InChI=1S/C17H16N2O4S/c1-18-17(20)23-13-8-7-11(9-14(13)21-2)22-10-16-19-12-5-3-4-6-15(12)24-16/h3-9H,10H2,1-2H3,(H,18,20). The second-order valence-electron chi connectivity index (χ2n) is 4.82. The van der Waals surface area contributed by atoms with Crippen LogP contribution in [0.15, 0.2) is 42.5 Å². The van der Waals surface area contributed by atoms with Crippen LogP contribution >= 0.6 is 11.3 Å². The van der Waals surface area contributed by atoms with Gasteiger partial charge >= 0.3 is 6.09 Å². The molecule has 0 aliphatic carbocycles. The Hall–Kier alpha value is -2.80. The van der Waals surface area contributed by atoms with Gasteiger partial charge in [0.15, 0.2) is 11.5 Å². The highest BCUT2D eigenvalue weighted by atomic mass is 32.1. The number of amides is 1. The van der Waals surface area contributed by atoms with Crippen molar-refractivity contribution in [2.45, 2.75) is 6.61 Å². The summed E-state index contributed by atoms with van der Waals surface area (Å²) in [6.07, 6.45) is -0.559. The monoisotopic (exact) mass is 344 g/mol. The first-order chi connectivity index (χ1) is 11.7. The van der Waals surface area contributed by atoms with E-state index in [9.17, 15) is 4.79 Å². The molecule has 3 aromatic rings. The molecule has 0 fully saturated rings. The highest BCUT2D eigenvalue weighted by Crippen LogP contribution is 2.32. The van der Waals surface area contributed by atoms with Gasteiger partial charge in [0.1, 0.15) is 17.4 Å². The molecule has 7 heteroatoms. The smallest absolute Gasteiger partial charge is 0.412 e. The zero-order valence-corrected chi connectivity index (χ0v) is 14.1. The van der Waals surface area contributed by atoms with Gasteiger partial charge in [0, 0.05) is 13.1 Å². The van der Waals surface area contributed by atoms with Crippen LogP contribution in [0.4, 0.5) is 4.79 Å². The molecule has 0 unspecified atom stereocenters. The van der Waals surface area contributed by atoms with E-state index in [2.05, 4.69) is 10.3 Å². The van der Waals surface area contributed by atoms with Crippen LogP contribution in [-0.4, -0.2) is 25.2 Å². The minimum absolute atomic E-state index is 0.323. The molecule has 24 heavy (non-hydrogen) atoms. The lowest BCUT2D eigenvalue weighted by molar-refractivity contribution is 0.200. The Labute approximate surface area is 143 Å². The van der Waals surface area contributed by atoms with Crippen LogP contribution < -0.4 is 19.5 Å². The molecule has 0 bridgehead atoms. The third-order valence-corrected chi connectivity index (χ3v) is 4.25. The van der Waals surface area contributed by atoms with Crippen molar-refractivity contribution in [3.05, 3.63) is 47.5 Å². The van der Waals surface area contributed by atoms with Crippen LogP contribution in [0.1, 0.15) is 5.01 Å². The van der Waals surface area contributed by atoms with Gasteiger partial charge in [-0.1, -0.05) is 12.1 Å². The number of para-hydroxylation sites is 1. The third kappa shape index (κ3) is 3.57. The number of hydrogen-bond acceptors (Lipinski definition) is 6. The van der Waals surface area contributed by atoms with Crippen molar-refractivity contribution in [1.82, 2.24) is 10.3 Å². The Morgan fingerprint density at radius 1 is 1.21 bits per heavy atom. The number of nitrogens with zero attached hydrogens (tertiary/aromatic N) is 1. The van der Waals surface area contributed by atoms with Gasteiger partial charge in [0.25, 0.3) is 0 Å². The summed E-state index contributed by atoms with van der Waals surface area (Å²) in [6.45, 7) is 0.359. The van der Waals surface area contributed by atoms with Gasteiger partial charge in [-0.25, -0.2) is 9.78 Å². The molecule has 2 aromatic carbocycles. The fraction of sp³-hybridized carbons (Fsp3) is 0.176. The Balaban J connectivity index is 1.71. The number of ether oxygens (including phenoxy) is 3. The van der Waals surface area contributed by atoms with Crippen LogP contribution in [0.2, 0.25) is 0 Å². The van der Waals surface area contributed by atoms with Crippen molar-refractivity contribution in [3.8, 4) is 17.2 Å². The second-order valence-corrected chi connectivity index (χ2v) is 5.93. The van der Waals surface area contributed by atoms with Gasteiger partial charge in [0.05, 0.1) is 17.3 Å². The summed E-state index contributed by atoms with van der Waals surface area (Å²) in [5.41, 5.74) is 0.966. The zero-order valence-electron chi connectivity index (χ0n) is 13.2. The van der Waals surface area contributed by atoms with Gasteiger partial charge in [-0.15, -0.1) is 11.3 Å². The van der Waals surface area contributed by atoms with E-state index in [0.717, 1.165) is 15.2 Å². The lowest BCUT2D eigenvalue weighted by Crippen LogP contribution is -2.22. The number of carbonyl (C=O) groups is 1. The second kappa shape index (κ2) is 7.18. The van der Waals surface area contributed by atoms with Crippen LogP contribution in [0.5, 0.6) is 17.2 Å². The summed E-state index contributed by atoms with van der Waals surface area (Å²) in [5, 5.41) is 3.27. The molecule has 0 saturated heterocycles. The van der Waals surface area contributed by atoms with E-state index < -0.39 is 6.09 Å². The molecule has 0 aliphatic rings. The molecule has 6 nitrogen and oxygen atoms in total. The minimum atomic E-state index is -0.559. The predicted molar refractivity (Wildman–Crippen MR) is 92.0 cm³/mol. The Morgan fingerprint density at radius 3 is 2.79 bits per heavy atom. The van der Waals surface area contributed by atoms with Crippen molar-refractivity contribution in [2.24, 2.45) is 0 Å². The van der Waals surface area contributed by atoms with Crippen molar-refractivity contribution in [1.29, 1.82) is 0 Å². The lowest BCUT2D eigenvalue weighted by atomic mass is 10.3. The normalized spacial score (nSPS) is 10.4. The van der Waals surface area contributed by atoms with Crippen LogP contribution in [-0.2, 0) is 6.61 Å². The number of methoxy groups -OCH3 is 1. The molecule has 0 saturated carbocycles. The molecule has 1 heterocycles.